The third kappa shape index (κ3) is 5.58. The molecule has 4 heterocycles. The Kier molecular flexibility index (Phi) is 7.40. The van der Waals surface area contributed by atoms with E-state index in [1.807, 2.05) is 0 Å². The Labute approximate surface area is 235 Å². The molecular weight excluding hydrogens is 546 g/mol. The van der Waals surface area contributed by atoms with E-state index in [4.69, 9.17) is 4.98 Å². The van der Waals surface area contributed by atoms with Gasteiger partial charge in [-0.05, 0) is 39.1 Å². The second kappa shape index (κ2) is 11.0. The van der Waals surface area contributed by atoms with Gasteiger partial charge in [0.1, 0.15) is 11.4 Å². The molecule has 2 N–H and O–H groups in total. The predicted octanol–water partition coefficient (Wildman–Crippen LogP) is 0.921. The summed E-state index contributed by atoms with van der Waals surface area (Å²) in [7, 11) is -0.572. The van der Waals surface area contributed by atoms with E-state index in [-0.39, 0.29) is 29.1 Å². The molecule has 0 aliphatic heterocycles. The topological polar surface area (TPSA) is 158 Å². The van der Waals surface area contributed by atoms with E-state index >= 15 is 0 Å². The van der Waals surface area contributed by atoms with Gasteiger partial charge in [0, 0.05) is 37.7 Å². The molecule has 1 amide bonds. The summed E-state index contributed by atoms with van der Waals surface area (Å²) < 4.78 is 31.2. The minimum absolute atomic E-state index is 0.192. The highest BCUT2D eigenvalue weighted by atomic mass is 32.2. The van der Waals surface area contributed by atoms with Crippen molar-refractivity contribution in [3.63, 3.8) is 0 Å². The van der Waals surface area contributed by atoms with E-state index in [2.05, 4.69) is 37.1 Å². The molecule has 41 heavy (non-hydrogen) atoms. The van der Waals surface area contributed by atoms with E-state index in [1.165, 1.54) is 16.1 Å². The van der Waals surface area contributed by atoms with Gasteiger partial charge in [0.25, 0.3) is 11.5 Å². The maximum Gasteiger partial charge on any atom is 0.262 e. The lowest BCUT2D eigenvalue weighted by atomic mass is 10.1. The number of fused-ring (bicyclic) bond motifs is 2. The lowest BCUT2D eigenvalue weighted by Crippen LogP contribution is -2.36. The van der Waals surface area contributed by atoms with Crippen molar-refractivity contribution < 1.29 is 13.2 Å². The number of benzene rings is 1. The normalized spacial score (nSPS) is 12.3. The van der Waals surface area contributed by atoms with Crippen molar-refractivity contribution in [2.45, 2.75) is 26.4 Å². The quantitative estimate of drug-likeness (QED) is 0.272. The summed E-state index contributed by atoms with van der Waals surface area (Å²) in [6, 6.07) is 6.04. The Morgan fingerprint density at radius 3 is 2.73 bits per heavy atom. The molecule has 1 aromatic carbocycles. The van der Waals surface area contributed by atoms with E-state index < -0.39 is 27.5 Å². The summed E-state index contributed by atoms with van der Waals surface area (Å²) in [5.41, 5.74) is 2.16. The van der Waals surface area contributed by atoms with Gasteiger partial charge in [-0.1, -0.05) is 17.9 Å². The smallest absolute Gasteiger partial charge is 0.262 e. The number of hydrogen-bond donors (Lipinski definition) is 2. The van der Waals surface area contributed by atoms with Crippen LogP contribution in [-0.4, -0.2) is 61.1 Å². The molecule has 0 aliphatic carbocycles. The van der Waals surface area contributed by atoms with Gasteiger partial charge < -0.3 is 5.32 Å². The summed E-state index contributed by atoms with van der Waals surface area (Å²) in [5.74, 6) is 5.39. The molecule has 5 aromatic rings. The summed E-state index contributed by atoms with van der Waals surface area (Å²) in [4.78, 5) is 36.3. The molecule has 13 nitrogen and oxygen atoms in total. The predicted molar refractivity (Wildman–Crippen MR) is 152 cm³/mol. The summed E-state index contributed by atoms with van der Waals surface area (Å²) >= 11 is 0. The van der Waals surface area contributed by atoms with Crippen LogP contribution in [0.4, 0.5) is 0 Å². The van der Waals surface area contributed by atoms with Gasteiger partial charge in [-0.25, -0.2) is 27.6 Å². The molecule has 0 bridgehead atoms. The molecular formula is C27H27N9O4S. The van der Waals surface area contributed by atoms with Crippen LogP contribution in [0.15, 0.2) is 53.8 Å². The number of nitrogens with zero attached hydrogens (tertiary/aromatic N) is 7. The summed E-state index contributed by atoms with van der Waals surface area (Å²) in [5, 5.41) is 11.6. The molecule has 0 unspecified atom stereocenters. The molecule has 4 aromatic heterocycles. The number of carbonyl (C=O) groups excluding carboxylic acids is 1. The summed E-state index contributed by atoms with van der Waals surface area (Å²) in [6.07, 6.45) is 6.62. The molecule has 5 rings (SSSR count). The van der Waals surface area contributed by atoms with Crippen molar-refractivity contribution in [3.05, 3.63) is 87.6 Å². The fourth-order valence-electron chi connectivity index (χ4n) is 4.47. The van der Waals surface area contributed by atoms with Crippen molar-refractivity contribution in [3.8, 4) is 11.8 Å². The zero-order chi connectivity index (χ0) is 29.3. The van der Waals surface area contributed by atoms with Crippen molar-refractivity contribution in [2.75, 3.05) is 12.8 Å². The third-order valence-corrected chi connectivity index (χ3v) is 7.83. The molecule has 0 fully saturated rings. The van der Waals surface area contributed by atoms with Crippen LogP contribution in [0.5, 0.6) is 0 Å². The van der Waals surface area contributed by atoms with Crippen LogP contribution in [0.25, 0.3) is 16.6 Å². The van der Waals surface area contributed by atoms with Gasteiger partial charge in [0.2, 0.25) is 10.0 Å². The second-order valence-corrected chi connectivity index (χ2v) is 11.4. The molecule has 210 valence electrons. The number of amides is 1. The van der Waals surface area contributed by atoms with Crippen LogP contribution < -0.4 is 15.6 Å². The minimum Gasteiger partial charge on any atom is -0.342 e. The van der Waals surface area contributed by atoms with Gasteiger partial charge in [0.05, 0.1) is 40.2 Å². The Morgan fingerprint density at radius 1 is 1.20 bits per heavy atom. The van der Waals surface area contributed by atoms with Gasteiger partial charge in [-0.2, -0.15) is 10.2 Å². The number of sulfonamides is 1. The van der Waals surface area contributed by atoms with Crippen molar-refractivity contribution >= 4 is 32.5 Å². The van der Waals surface area contributed by atoms with Crippen molar-refractivity contribution in [2.24, 2.45) is 7.05 Å². The maximum absolute atomic E-state index is 13.9. The Hall–Kier alpha value is -4.87. The average Bonchev–Trinajstić information content (AvgIpc) is 3.52. The van der Waals surface area contributed by atoms with Gasteiger partial charge >= 0.3 is 0 Å². The highest BCUT2D eigenvalue weighted by Crippen LogP contribution is 2.19. The number of hydrogen-bond acceptors (Lipinski definition) is 8. The number of aryl methyl sites for hydroxylation is 2. The fourth-order valence-corrected chi connectivity index (χ4v) is 5.09. The highest BCUT2D eigenvalue weighted by Gasteiger charge is 2.24. The van der Waals surface area contributed by atoms with Crippen molar-refractivity contribution in [1.82, 2.24) is 44.0 Å². The van der Waals surface area contributed by atoms with Crippen LogP contribution in [0.1, 0.15) is 46.0 Å². The Balaban J connectivity index is 1.59. The van der Waals surface area contributed by atoms with Crippen LogP contribution in [0, 0.1) is 18.8 Å². The lowest BCUT2D eigenvalue weighted by molar-refractivity contribution is 0.0938. The van der Waals surface area contributed by atoms with Crippen LogP contribution >= 0.6 is 0 Å². The third-order valence-electron chi connectivity index (χ3n) is 6.49. The van der Waals surface area contributed by atoms with Gasteiger partial charge in [-0.3, -0.25) is 18.8 Å². The first kappa shape index (κ1) is 27.7. The summed E-state index contributed by atoms with van der Waals surface area (Å²) in [6.45, 7) is 3.19. The zero-order valence-electron chi connectivity index (χ0n) is 22.8. The number of nitrogens with one attached hydrogen (secondary N) is 2. The first-order valence-corrected chi connectivity index (χ1v) is 14.3. The van der Waals surface area contributed by atoms with Crippen molar-refractivity contribution in [1.29, 1.82) is 0 Å². The van der Waals surface area contributed by atoms with E-state index in [0.717, 1.165) is 0 Å². The molecule has 14 heteroatoms. The van der Waals surface area contributed by atoms with Gasteiger partial charge in [-0.15, -0.1) is 0 Å². The number of carbonyl (C=O) groups is 1. The molecule has 1 atom stereocenters. The lowest BCUT2D eigenvalue weighted by Gasteiger charge is -2.20. The largest absolute Gasteiger partial charge is 0.342 e. The molecule has 0 aliphatic rings. The van der Waals surface area contributed by atoms with Crippen LogP contribution in [0.3, 0.4) is 0 Å². The van der Waals surface area contributed by atoms with E-state index in [1.54, 1.807) is 74.6 Å². The van der Waals surface area contributed by atoms with Crippen LogP contribution in [0.2, 0.25) is 0 Å². The monoisotopic (exact) mass is 573 g/mol. The first-order chi connectivity index (χ1) is 19.6. The minimum atomic E-state index is -3.65. The van der Waals surface area contributed by atoms with Gasteiger partial charge in [0.15, 0.2) is 5.65 Å². The first-order valence-electron chi connectivity index (χ1n) is 12.6. The maximum atomic E-state index is 13.9. The molecule has 0 radical (unpaired) electrons. The second-order valence-electron chi connectivity index (χ2n) is 9.35. The van der Waals surface area contributed by atoms with Crippen LogP contribution in [-0.2, 0) is 23.6 Å². The Bertz CT molecular complexity index is 2030. The molecule has 0 spiro atoms. The molecule has 0 saturated heterocycles. The molecule has 0 saturated carbocycles. The average molecular weight is 574 g/mol. The fraction of sp³-hybridized carbons (Fsp3) is 0.259. The number of aromatic nitrogens is 7. The van der Waals surface area contributed by atoms with E-state index in [9.17, 15) is 18.0 Å². The van der Waals surface area contributed by atoms with E-state index in [0.29, 0.717) is 28.0 Å². The SMILES string of the molecule is CNS(=O)(=O)CCn1c([C@@H](C)NC(=O)c2c(C)nn3cccnc23)nc2cccc(C#Cc3cnn(C)c3)c2c1=O. The zero-order valence-corrected chi connectivity index (χ0v) is 23.6. The standard InChI is InChI=1S/C27H27N9O4S/c1-17-22(25-29-11-6-12-36(25)33-17)26(37)31-18(2)24-32-21-8-5-7-20(10-9-19-15-30-34(4)16-19)23(21)27(38)35(24)13-14-41(39,40)28-3/h5-8,11-12,15-16,18,28H,13-14H2,1-4H3,(H,31,37)/t18-/m1/s1. The number of rotatable bonds is 7. The highest BCUT2D eigenvalue weighted by molar-refractivity contribution is 7.89. The Morgan fingerprint density at radius 2 is 2.00 bits per heavy atom.